The van der Waals surface area contributed by atoms with Crippen LogP contribution in [0.15, 0.2) is 59.6 Å². The molecule has 2 amide bonds. The van der Waals surface area contributed by atoms with Crippen molar-refractivity contribution in [3.05, 3.63) is 65.0 Å². The maximum absolute atomic E-state index is 12.5. The summed E-state index contributed by atoms with van der Waals surface area (Å²) in [4.78, 5) is 28.9. The number of para-hydroxylation sites is 1. The van der Waals surface area contributed by atoms with Gasteiger partial charge in [0.25, 0.3) is 5.91 Å². The van der Waals surface area contributed by atoms with E-state index in [0.717, 1.165) is 15.8 Å². The van der Waals surface area contributed by atoms with E-state index in [9.17, 15) is 9.59 Å². The number of thiazole rings is 1. The Kier molecular flexibility index (Phi) is 5.09. The van der Waals surface area contributed by atoms with E-state index in [2.05, 4.69) is 10.3 Å². The lowest BCUT2D eigenvalue weighted by Crippen LogP contribution is -2.28. The van der Waals surface area contributed by atoms with E-state index >= 15 is 0 Å². The second-order valence-electron chi connectivity index (χ2n) is 5.78. The molecule has 0 aliphatic rings. The number of fused-ring (bicyclic) bond motifs is 1. The first-order chi connectivity index (χ1) is 12.0. The normalized spacial score (nSPS) is 13.0. The predicted octanol–water partition coefficient (Wildman–Crippen LogP) is 2.93. The number of rotatable bonds is 4. The second kappa shape index (κ2) is 7.44. The molecule has 1 N–H and O–H groups in total. The predicted molar refractivity (Wildman–Crippen MR) is 99.0 cm³/mol. The molecule has 0 saturated carbocycles. The largest absolute Gasteiger partial charge is 0.349 e. The number of aryl methyl sites for hydroxylation is 1. The Labute approximate surface area is 149 Å². The third kappa shape index (κ3) is 4.03. The van der Waals surface area contributed by atoms with Gasteiger partial charge >= 0.3 is 0 Å². The Morgan fingerprint density at radius 3 is 2.48 bits per heavy atom. The van der Waals surface area contributed by atoms with Crippen molar-refractivity contribution in [3.8, 4) is 0 Å². The number of nitrogens with one attached hydrogen (secondary N) is 1. The molecule has 128 valence electrons. The molecule has 1 atom stereocenters. The van der Waals surface area contributed by atoms with Crippen LogP contribution in [0.5, 0.6) is 0 Å². The van der Waals surface area contributed by atoms with E-state index in [4.69, 9.17) is 0 Å². The van der Waals surface area contributed by atoms with Gasteiger partial charge in [-0.15, -0.1) is 0 Å². The summed E-state index contributed by atoms with van der Waals surface area (Å²) in [6.07, 6.45) is 0.123. The molecule has 0 radical (unpaired) electrons. The molecule has 2 aromatic carbocycles. The van der Waals surface area contributed by atoms with Crippen molar-refractivity contribution >= 4 is 33.4 Å². The molecule has 3 rings (SSSR count). The summed E-state index contributed by atoms with van der Waals surface area (Å²) in [5.74, 6) is -0.432. The Balaban J connectivity index is 1.88. The lowest BCUT2D eigenvalue weighted by molar-refractivity contribution is -0.121. The molecular formula is C19H19N3O2S. The first-order valence-corrected chi connectivity index (χ1v) is 8.80. The first-order valence-electron chi connectivity index (χ1n) is 7.99. The highest BCUT2D eigenvalue weighted by atomic mass is 32.1. The van der Waals surface area contributed by atoms with Crippen LogP contribution in [0.3, 0.4) is 0 Å². The summed E-state index contributed by atoms with van der Waals surface area (Å²) in [7, 11) is 1.90. The zero-order valence-corrected chi connectivity index (χ0v) is 14.9. The molecule has 1 aromatic heterocycles. The van der Waals surface area contributed by atoms with Gasteiger partial charge in [0.1, 0.15) is 0 Å². The van der Waals surface area contributed by atoms with E-state index in [1.54, 1.807) is 0 Å². The Morgan fingerprint density at radius 2 is 1.80 bits per heavy atom. The van der Waals surface area contributed by atoms with Crippen LogP contribution in [0.4, 0.5) is 0 Å². The zero-order valence-electron chi connectivity index (χ0n) is 14.1. The van der Waals surface area contributed by atoms with E-state index in [0.29, 0.717) is 4.80 Å². The van der Waals surface area contributed by atoms with Gasteiger partial charge in [-0.1, -0.05) is 53.8 Å². The molecule has 25 heavy (non-hydrogen) atoms. The van der Waals surface area contributed by atoms with Gasteiger partial charge in [-0.05, 0) is 17.7 Å². The number of nitrogens with zero attached hydrogens (tertiary/aromatic N) is 2. The highest BCUT2D eigenvalue weighted by Crippen LogP contribution is 2.18. The van der Waals surface area contributed by atoms with Crippen LogP contribution in [0, 0.1) is 0 Å². The van der Waals surface area contributed by atoms with E-state index < -0.39 is 0 Å². The van der Waals surface area contributed by atoms with Crippen molar-refractivity contribution in [1.29, 1.82) is 0 Å². The van der Waals surface area contributed by atoms with Crippen LogP contribution < -0.4 is 10.1 Å². The molecular weight excluding hydrogens is 334 g/mol. The van der Waals surface area contributed by atoms with Gasteiger partial charge in [0, 0.05) is 14.0 Å². The van der Waals surface area contributed by atoms with E-state index in [1.165, 1.54) is 18.3 Å². The first kappa shape index (κ1) is 17.1. The van der Waals surface area contributed by atoms with Crippen LogP contribution in [0.2, 0.25) is 0 Å². The number of amides is 2. The van der Waals surface area contributed by atoms with Crippen molar-refractivity contribution in [2.75, 3.05) is 0 Å². The SMILES string of the molecule is CC(=O)NC(CC(=O)N=c1sc2ccccc2n1C)c1ccccc1. The fourth-order valence-electron chi connectivity index (χ4n) is 2.70. The molecule has 1 heterocycles. The standard InChI is InChI=1S/C19H19N3O2S/c1-13(23)20-15(14-8-4-3-5-9-14)12-18(24)21-19-22(2)16-10-6-7-11-17(16)25-19/h3-11,15H,12H2,1-2H3,(H,20,23). The van der Waals surface area contributed by atoms with Crippen LogP contribution in [0.1, 0.15) is 24.9 Å². The molecule has 0 aliphatic carbocycles. The number of carbonyl (C=O) groups is 2. The topological polar surface area (TPSA) is 63.5 Å². The molecule has 0 fully saturated rings. The minimum absolute atomic E-state index is 0.123. The number of hydrogen-bond acceptors (Lipinski definition) is 3. The molecule has 0 spiro atoms. The third-order valence-electron chi connectivity index (χ3n) is 3.89. The van der Waals surface area contributed by atoms with Crippen molar-refractivity contribution in [2.24, 2.45) is 12.0 Å². The maximum Gasteiger partial charge on any atom is 0.250 e. The summed E-state index contributed by atoms with van der Waals surface area (Å²) < 4.78 is 2.99. The van der Waals surface area contributed by atoms with Gasteiger partial charge in [0.05, 0.1) is 22.7 Å². The van der Waals surface area contributed by atoms with Crippen LogP contribution in [-0.4, -0.2) is 16.4 Å². The van der Waals surface area contributed by atoms with E-state index in [1.807, 2.05) is 66.2 Å². The van der Waals surface area contributed by atoms with Crippen LogP contribution in [0.25, 0.3) is 10.2 Å². The lowest BCUT2D eigenvalue weighted by atomic mass is 10.0. The van der Waals surface area contributed by atoms with Gasteiger partial charge < -0.3 is 9.88 Å². The molecule has 6 heteroatoms. The minimum Gasteiger partial charge on any atom is -0.349 e. The highest BCUT2D eigenvalue weighted by Gasteiger charge is 2.17. The smallest absolute Gasteiger partial charge is 0.250 e. The maximum atomic E-state index is 12.5. The molecule has 0 aliphatic heterocycles. The van der Waals surface area contributed by atoms with Crippen molar-refractivity contribution in [1.82, 2.24) is 9.88 Å². The average molecular weight is 353 g/mol. The quantitative estimate of drug-likeness (QED) is 0.784. The van der Waals surface area contributed by atoms with Gasteiger partial charge in [0.15, 0.2) is 4.80 Å². The average Bonchev–Trinajstić information content (AvgIpc) is 2.91. The Morgan fingerprint density at radius 1 is 1.12 bits per heavy atom. The zero-order chi connectivity index (χ0) is 17.8. The fourth-order valence-corrected chi connectivity index (χ4v) is 3.73. The van der Waals surface area contributed by atoms with Crippen molar-refractivity contribution in [2.45, 2.75) is 19.4 Å². The molecule has 0 bridgehead atoms. The summed E-state index contributed by atoms with van der Waals surface area (Å²) >= 11 is 1.48. The fraction of sp³-hybridized carbons (Fsp3) is 0.211. The monoisotopic (exact) mass is 353 g/mol. The van der Waals surface area contributed by atoms with Crippen molar-refractivity contribution < 1.29 is 9.59 Å². The van der Waals surface area contributed by atoms with Gasteiger partial charge in [-0.25, -0.2) is 0 Å². The number of aromatic nitrogens is 1. The molecule has 3 aromatic rings. The third-order valence-corrected chi connectivity index (χ3v) is 5.01. The van der Waals surface area contributed by atoms with E-state index in [-0.39, 0.29) is 24.3 Å². The Bertz CT molecular complexity index is 973. The van der Waals surface area contributed by atoms with Crippen molar-refractivity contribution in [3.63, 3.8) is 0 Å². The minimum atomic E-state index is -0.380. The Hall–Kier alpha value is -2.73. The number of hydrogen-bond donors (Lipinski definition) is 1. The lowest BCUT2D eigenvalue weighted by Gasteiger charge is -2.16. The summed E-state index contributed by atoms with van der Waals surface area (Å²) in [5.41, 5.74) is 1.93. The molecule has 1 unspecified atom stereocenters. The van der Waals surface area contributed by atoms with Crippen LogP contribution >= 0.6 is 11.3 Å². The van der Waals surface area contributed by atoms with Gasteiger partial charge in [-0.2, -0.15) is 4.99 Å². The second-order valence-corrected chi connectivity index (χ2v) is 6.79. The highest BCUT2D eigenvalue weighted by molar-refractivity contribution is 7.16. The number of carbonyl (C=O) groups excluding carboxylic acids is 2. The molecule has 0 saturated heterocycles. The summed E-state index contributed by atoms with van der Waals surface area (Å²) in [5, 5.41) is 2.83. The van der Waals surface area contributed by atoms with Crippen LogP contribution in [-0.2, 0) is 16.6 Å². The number of benzene rings is 2. The van der Waals surface area contributed by atoms with Gasteiger partial charge in [-0.3, -0.25) is 9.59 Å². The summed E-state index contributed by atoms with van der Waals surface area (Å²) in [6, 6.07) is 17.0. The van der Waals surface area contributed by atoms with Gasteiger partial charge in [0.2, 0.25) is 5.91 Å². The molecule has 5 nitrogen and oxygen atoms in total. The summed E-state index contributed by atoms with van der Waals surface area (Å²) in [6.45, 7) is 1.45.